The number of nitriles is 1. The van der Waals surface area contributed by atoms with E-state index in [4.69, 9.17) is 10.00 Å². The maximum absolute atomic E-state index is 12.3. The number of nitrogens with zero attached hydrogens (tertiary/aromatic N) is 3. The summed E-state index contributed by atoms with van der Waals surface area (Å²) in [6.45, 7) is 1.59. The number of benzene rings is 1. The molecule has 1 aromatic heterocycles. The average Bonchev–Trinajstić information content (AvgIpc) is 3.10. The molecule has 0 aliphatic carbocycles. The number of aromatic nitrogens is 1. The Morgan fingerprint density at radius 1 is 1.38 bits per heavy atom. The second-order valence-electron chi connectivity index (χ2n) is 5.62. The first kappa shape index (κ1) is 15.8. The molecule has 2 heterocycles. The number of methoxy groups -OCH3 is 1. The Labute approximate surface area is 140 Å². The zero-order valence-electron chi connectivity index (χ0n) is 13.4. The van der Waals surface area contributed by atoms with E-state index in [0.717, 1.165) is 30.9 Å². The van der Waals surface area contributed by atoms with Gasteiger partial charge in [0.25, 0.3) is 5.91 Å². The first-order chi connectivity index (χ1) is 11.7. The van der Waals surface area contributed by atoms with Crippen molar-refractivity contribution in [1.29, 1.82) is 5.26 Å². The molecule has 122 valence electrons. The Bertz CT molecular complexity index is 767. The number of hydrogen-bond acceptors (Lipinski definition) is 5. The highest BCUT2D eigenvalue weighted by molar-refractivity contribution is 5.94. The van der Waals surface area contributed by atoms with Crippen LogP contribution < -0.4 is 15.0 Å². The summed E-state index contributed by atoms with van der Waals surface area (Å²) in [4.78, 5) is 18.4. The van der Waals surface area contributed by atoms with Crippen LogP contribution in [-0.4, -0.2) is 37.1 Å². The molecule has 0 saturated carbocycles. The molecule has 0 radical (unpaired) electrons. The van der Waals surface area contributed by atoms with Gasteiger partial charge in [-0.1, -0.05) is 12.1 Å². The van der Waals surface area contributed by atoms with Crippen LogP contribution in [0, 0.1) is 11.3 Å². The number of pyridine rings is 1. The molecule has 1 amide bonds. The maximum Gasteiger partial charge on any atom is 0.253 e. The molecule has 2 aromatic rings. The number of anilines is 1. The number of ether oxygens (including phenoxy) is 1. The van der Waals surface area contributed by atoms with Crippen LogP contribution in [0.1, 0.15) is 22.5 Å². The standard InChI is InChI=1S/C18H18N4O2/c1-24-17-5-3-2-4-16(17)22-9-8-15(12-22)21-18(23)13-6-7-14(10-19)20-11-13/h2-7,11,15H,8-9,12H2,1H3,(H,21,23). The maximum atomic E-state index is 12.3. The van der Waals surface area contributed by atoms with Crippen LogP contribution in [-0.2, 0) is 0 Å². The summed E-state index contributed by atoms with van der Waals surface area (Å²) < 4.78 is 5.40. The van der Waals surface area contributed by atoms with Crippen LogP contribution in [0.4, 0.5) is 5.69 Å². The zero-order valence-corrected chi connectivity index (χ0v) is 13.4. The monoisotopic (exact) mass is 322 g/mol. The SMILES string of the molecule is COc1ccccc1N1CCC(NC(=O)c2ccc(C#N)nc2)C1. The van der Waals surface area contributed by atoms with Crippen molar-refractivity contribution in [3.63, 3.8) is 0 Å². The smallest absolute Gasteiger partial charge is 0.253 e. The fourth-order valence-corrected chi connectivity index (χ4v) is 2.85. The van der Waals surface area contributed by atoms with E-state index in [0.29, 0.717) is 11.3 Å². The van der Waals surface area contributed by atoms with Crippen molar-refractivity contribution in [3.05, 3.63) is 53.9 Å². The molecule has 0 spiro atoms. The number of rotatable bonds is 4. The molecular weight excluding hydrogens is 304 g/mol. The zero-order chi connectivity index (χ0) is 16.9. The number of para-hydroxylation sites is 2. The highest BCUT2D eigenvalue weighted by Crippen LogP contribution is 2.30. The van der Waals surface area contributed by atoms with Crippen LogP contribution >= 0.6 is 0 Å². The Balaban J connectivity index is 1.63. The van der Waals surface area contributed by atoms with E-state index >= 15 is 0 Å². The Morgan fingerprint density at radius 3 is 2.92 bits per heavy atom. The summed E-state index contributed by atoms with van der Waals surface area (Å²) in [5.74, 6) is 0.666. The van der Waals surface area contributed by atoms with Crippen molar-refractivity contribution in [2.45, 2.75) is 12.5 Å². The van der Waals surface area contributed by atoms with E-state index < -0.39 is 0 Å². The van der Waals surface area contributed by atoms with E-state index in [1.165, 1.54) is 6.20 Å². The number of carbonyl (C=O) groups is 1. The highest BCUT2D eigenvalue weighted by Gasteiger charge is 2.26. The van der Waals surface area contributed by atoms with Gasteiger partial charge in [-0.2, -0.15) is 5.26 Å². The molecule has 1 fully saturated rings. The summed E-state index contributed by atoms with van der Waals surface area (Å²) in [6, 6.07) is 13.0. The van der Waals surface area contributed by atoms with Gasteiger partial charge >= 0.3 is 0 Å². The van der Waals surface area contributed by atoms with Gasteiger partial charge in [0, 0.05) is 25.3 Å². The first-order valence-corrected chi connectivity index (χ1v) is 7.76. The van der Waals surface area contributed by atoms with Gasteiger partial charge in [-0.05, 0) is 30.7 Å². The molecule has 1 aliphatic heterocycles. The van der Waals surface area contributed by atoms with Gasteiger partial charge in [0.05, 0.1) is 18.4 Å². The lowest BCUT2D eigenvalue weighted by Gasteiger charge is -2.21. The minimum absolute atomic E-state index is 0.0676. The Kier molecular flexibility index (Phi) is 4.62. The minimum Gasteiger partial charge on any atom is -0.495 e. The summed E-state index contributed by atoms with van der Waals surface area (Å²) in [5.41, 5.74) is 1.80. The number of amides is 1. The van der Waals surface area contributed by atoms with Gasteiger partial charge < -0.3 is 15.0 Å². The van der Waals surface area contributed by atoms with Gasteiger partial charge in [0.2, 0.25) is 0 Å². The van der Waals surface area contributed by atoms with Crippen molar-refractivity contribution in [1.82, 2.24) is 10.3 Å². The average molecular weight is 322 g/mol. The molecule has 3 rings (SSSR count). The third kappa shape index (κ3) is 3.30. The fourth-order valence-electron chi connectivity index (χ4n) is 2.85. The van der Waals surface area contributed by atoms with E-state index in [9.17, 15) is 4.79 Å². The molecule has 1 unspecified atom stereocenters. The summed E-state index contributed by atoms with van der Waals surface area (Å²) >= 11 is 0. The van der Waals surface area contributed by atoms with Crippen molar-refractivity contribution < 1.29 is 9.53 Å². The number of carbonyl (C=O) groups excluding carboxylic acids is 1. The van der Waals surface area contributed by atoms with Crippen LogP contribution in [0.15, 0.2) is 42.6 Å². The molecule has 24 heavy (non-hydrogen) atoms. The normalized spacial score (nSPS) is 16.5. The van der Waals surface area contributed by atoms with Crippen molar-refractivity contribution in [2.24, 2.45) is 0 Å². The summed E-state index contributed by atoms with van der Waals surface area (Å²) in [6.07, 6.45) is 2.30. The van der Waals surface area contributed by atoms with E-state index in [2.05, 4.69) is 15.2 Å². The van der Waals surface area contributed by atoms with Gasteiger partial charge in [0.1, 0.15) is 17.5 Å². The molecule has 1 N–H and O–H groups in total. The summed E-state index contributed by atoms with van der Waals surface area (Å²) in [7, 11) is 1.66. The number of hydrogen-bond donors (Lipinski definition) is 1. The molecule has 1 aromatic carbocycles. The predicted molar refractivity (Wildman–Crippen MR) is 90.0 cm³/mol. The number of nitrogens with one attached hydrogen (secondary N) is 1. The van der Waals surface area contributed by atoms with E-state index in [-0.39, 0.29) is 11.9 Å². The van der Waals surface area contributed by atoms with Crippen LogP contribution in [0.2, 0.25) is 0 Å². The van der Waals surface area contributed by atoms with Crippen molar-refractivity contribution >= 4 is 11.6 Å². The summed E-state index contributed by atoms with van der Waals surface area (Å²) in [5, 5.41) is 11.8. The molecule has 1 atom stereocenters. The fraction of sp³-hybridized carbons (Fsp3) is 0.278. The molecular formula is C18H18N4O2. The third-order valence-electron chi connectivity index (χ3n) is 4.09. The predicted octanol–water partition coefficient (Wildman–Crippen LogP) is 1.97. The largest absolute Gasteiger partial charge is 0.495 e. The second kappa shape index (κ2) is 7.01. The van der Waals surface area contributed by atoms with E-state index in [1.54, 1.807) is 19.2 Å². The Morgan fingerprint density at radius 2 is 2.21 bits per heavy atom. The third-order valence-corrected chi connectivity index (χ3v) is 4.09. The lowest BCUT2D eigenvalue weighted by Crippen LogP contribution is -2.37. The second-order valence-corrected chi connectivity index (χ2v) is 5.62. The molecule has 1 saturated heterocycles. The van der Waals surface area contributed by atoms with E-state index in [1.807, 2.05) is 30.3 Å². The topological polar surface area (TPSA) is 78.2 Å². The van der Waals surface area contributed by atoms with Crippen molar-refractivity contribution in [3.8, 4) is 11.8 Å². The molecule has 6 nitrogen and oxygen atoms in total. The van der Waals surface area contributed by atoms with Gasteiger partial charge in [-0.15, -0.1) is 0 Å². The lowest BCUT2D eigenvalue weighted by molar-refractivity contribution is 0.0940. The first-order valence-electron chi connectivity index (χ1n) is 7.76. The van der Waals surface area contributed by atoms with Crippen LogP contribution in [0.3, 0.4) is 0 Å². The molecule has 1 aliphatic rings. The Hall–Kier alpha value is -3.07. The lowest BCUT2D eigenvalue weighted by atomic mass is 10.2. The van der Waals surface area contributed by atoms with Crippen molar-refractivity contribution in [2.75, 3.05) is 25.1 Å². The van der Waals surface area contributed by atoms with Crippen LogP contribution in [0.5, 0.6) is 5.75 Å². The van der Waals surface area contributed by atoms with Gasteiger partial charge in [0.15, 0.2) is 0 Å². The van der Waals surface area contributed by atoms with Gasteiger partial charge in [-0.25, -0.2) is 4.98 Å². The quantitative estimate of drug-likeness (QED) is 0.931. The van der Waals surface area contributed by atoms with Crippen LogP contribution in [0.25, 0.3) is 0 Å². The molecule has 6 heteroatoms. The van der Waals surface area contributed by atoms with Gasteiger partial charge in [-0.3, -0.25) is 4.79 Å². The molecule has 0 bridgehead atoms. The highest BCUT2D eigenvalue weighted by atomic mass is 16.5. The minimum atomic E-state index is -0.168.